The summed E-state index contributed by atoms with van der Waals surface area (Å²) in [5.41, 5.74) is 2.47. The molecular formula is C13H10N4O3. The fourth-order valence-corrected chi connectivity index (χ4v) is 1.81. The van der Waals surface area contributed by atoms with Gasteiger partial charge in [0.05, 0.1) is 18.1 Å². The third-order valence-electron chi connectivity index (χ3n) is 2.69. The molecule has 7 nitrogen and oxygen atoms in total. The highest BCUT2D eigenvalue weighted by molar-refractivity contribution is 5.68. The number of aliphatic carboxylic acids is 1. The molecule has 1 N–H and O–H groups in total. The maximum Gasteiger partial charge on any atom is 0.341 e. The van der Waals surface area contributed by atoms with Crippen LogP contribution in [0.4, 0.5) is 0 Å². The Morgan fingerprint density at radius 2 is 2.15 bits per heavy atom. The number of hydrogen-bond acceptors (Lipinski definition) is 5. The molecule has 0 saturated heterocycles. The first-order valence-corrected chi connectivity index (χ1v) is 5.82. The van der Waals surface area contributed by atoms with Crippen LogP contribution in [0.1, 0.15) is 0 Å². The van der Waals surface area contributed by atoms with Crippen LogP contribution in [0.2, 0.25) is 0 Å². The van der Waals surface area contributed by atoms with Crippen molar-refractivity contribution in [1.82, 2.24) is 19.4 Å². The zero-order chi connectivity index (χ0) is 13.9. The molecule has 3 rings (SSSR count). The summed E-state index contributed by atoms with van der Waals surface area (Å²) in [4.78, 5) is 22.7. The van der Waals surface area contributed by atoms with E-state index in [1.54, 1.807) is 36.9 Å². The molecule has 3 aromatic rings. The summed E-state index contributed by atoms with van der Waals surface area (Å²) >= 11 is 0. The Kier molecular flexibility index (Phi) is 3.00. The number of hydrogen-bond donors (Lipinski definition) is 1. The van der Waals surface area contributed by atoms with E-state index < -0.39 is 12.6 Å². The van der Waals surface area contributed by atoms with Gasteiger partial charge in [0.1, 0.15) is 0 Å². The lowest BCUT2D eigenvalue weighted by molar-refractivity contribution is -0.139. The molecule has 0 unspecified atom stereocenters. The van der Waals surface area contributed by atoms with Gasteiger partial charge >= 0.3 is 5.97 Å². The molecule has 3 heterocycles. The summed E-state index contributed by atoms with van der Waals surface area (Å²) in [6.45, 7) is -0.409. The number of carboxylic acids is 1. The zero-order valence-corrected chi connectivity index (χ0v) is 10.3. The number of carboxylic acid groups (broad SMARTS) is 1. The van der Waals surface area contributed by atoms with Crippen molar-refractivity contribution >= 4 is 11.6 Å². The summed E-state index contributed by atoms with van der Waals surface area (Å²) in [5.74, 6) is -0.767. The minimum Gasteiger partial charge on any atom is -0.479 e. The van der Waals surface area contributed by atoms with Gasteiger partial charge in [0.25, 0.3) is 0 Å². The van der Waals surface area contributed by atoms with E-state index in [1.807, 2.05) is 10.6 Å². The molecule has 0 aliphatic carbocycles. The second-order valence-electron chi connectivity index (χ2n) is 4.02. The van der Waals surface area contributed by atoms with Crippen molar-refractivity contribution in [3.8, 4) is 17.1 Å². The molecule has 0 bridgehead atoms. The molecule has 0 aliphatic heterocycles. The second kappa shape index (κ2) is 4.96. The predicted molar refractivity (Wildman–Crippen MR) is 69.3 cm³/mol. The van der Waals surface area contributed by atoms with Crippen LogP contribution in [0.5, 0.6) is 5.88 Å². The molecule has 0 saturated carbocycles. The zero-order valence-electron chi connectivity index (χ0n) is 10.3. The van der Waals surface area contributed by atoms with Crippen LogP contribution in [0.3, 0.4) is 0 Å². The highest BCUT2D eigenvalue weighted by atomic mass is 16.5. The van der Waals surface area contributed by atoms with Crippen LogP contribution in [-0.2, 0) is 4.79 Å². The van der Waals surface area contributed by atoms with Crippen molar-refractivity contribution in [3.63, 3.8) is 0 Å². The molecule has 0 radical (unpaired) electrons. The summed E-state index contributed by atoms with van der Waals surface area (Å²) in [6, 6.07) is 3.42. The molecule has 0 spiro atoms. The van der Waals surface area contributed by atoms with Crippen LogP contribution < -0.4 is 4.74 Å². The van der Waals surface area contributed by atoms with Gasteiger partial charge in [0.2, 0.25) is 5.88 Å². The van der Waals surface area contributed by atoms with Crippen LogP contribution in [0.15, 0.2) is 43.1 Å². The molecule has 0 aliphatic rings. The quantitative estimate of drug-likeness (QED) is 0.767. The first kappa shape index (κ1) is 12.1. The monoisotopic (exact) mass is 270 g/mol. The van der Waals surface area contributed by atoms with Gasteiger partial charge in [-0.2, -0.15) is 0 Å². The van der Waals surface area contributed by atoms with Crippen LogP contribution in [-0.4, -0.2) is 37.0 Å². The van der Waals surface area contributed by atoms with Crippen molar-refractivity contribution < 1.29 is 14.6 Å². The fourth-order valence-electron chi connectivity index (χ4n) is 1.81. The average molecular weight is 270 g/mol. The molecule has 3 aromatic heterocycles. The van der Waals surface area contributed by atoms with Gasteiger partial charge in [-0.1, -0.05) is 0 Å². The number of carbonyl (C=O) groups is 1. The third kappa shape index (κ3) is 2.28. The highest BCUT2D eigenvalue weighted by Crippen LogP contribution is 2.21. The minimum atomic E-state index is -1.04. The molecule has 20 heavy (non-hydrogen) atoms. The maximum absolute atomic E-state index is 10.4. The predicted octanol–water partition coefficient (Wildman–Crippen LogP) is 1.25. The molecule has 0 amide bonds. The number of pyridine rings is 1. The van der Waals surface area contributed by atoms with Gasteiger partial charge in [-0.05, 0) is 6.07 Å². The van der Waals surface area contributed by atoms with Crippen molar-refractivity contribution in [1.29, 1.82) is 0 Å². The van der Waals surface area contributed by atoms with Crippen LogP contribution in [0, 0.1) is 0 Å². The third-order valence-corrected chi connectivity index (χ3v) is 2.69. The minimum absolute atomic E-state index is 0.270. The van der Waals surface area contributed by atoms with Gasteiger partial charge in [0.15, 0.2) is 12.3 Å². The van der Waals surface area contributed by atoms with E-state index in [2.05, 4.69) is 15.0 Å². The first-order chi connectivity index (χ1) is 9.74. The number of imidazole rings is 1. The molecule has 0 aromatic carbocycles. The number of fused-ring (bicyclic) bond motifs is 1. The van der Waals surface area contributed by atoms with Crippen LogP contribution >= 0.6 is 0 Å². The van der Waals surface area contributed by atoms with Gasteiger partial charge < -0.3 is 9.84 Å². The van der Waals surface area contributed by atoms with E-state index in [0.29, 0.717) is 0 Å². The van der Waals surface area contributed by atoms with Crippen molar-refractivity contribution in [2.24, 2.45) is 0 Å². The lowest BCUT2D eigenvalue weighted by Gasteiger charge is -2.04. The Balaban J connectivity index is 1.89. The largest absolute Gasteiger partial charge is 0.479 e. The Hall–Kier alpha value is -2.96. The summed E-state index contributed by atoms with van der Waals surface area (Å²) in [6.07, 6.45) is 8.50. The van der Waals surface area contributed by atoms with E-state index >= 15 is 0 Å². The Morgan fingerprint density at radius 1 is 1.25 bits per heavy atom. The van der Waals surface area contributed by atoms with Gasteiger partial charge in [-0.3, -0.25) is 9.38 Å². The number of ether oxygens (including phenoxy) is 1. The topological polar surface area (TPSA) is 89.6 Å². The Bertz CT molecular complexity index is 752. The molecule has 0 atom stereocenters. The SMILES string of the molecule is O=C(O)COc1ccc(-c2cnc3cnccn23)cn1. The smallest absolute Gasteiger partial charge is 0.341 e. The van der Waals surface area contributed by atoms with E-state index in [-0.39, 0.29) is 5.88 Å². The molecular weight excluding hydrogens is 260 g/mol. The Morgan fingerprint density at radius 3 is 2.90 bits per heavy atom. The average Bonchev–Trinajstić information content (AvgIpc) is 2.89. The Labute approximate surface area is 113 Å². The second-order valence-corrected chi connectivity index (χ2v) is 4.02. The number of aromatic nitrogens is 4. The molecule has 100 valence electrons. The van der Waals surface area contributed by atoms with E-state index in [4.69, 9.17) is 9.84 Å². The maximum atomic E-state index is 10.4. The van der Waals surface area contributed by atoms with Gasteiger partial charge in [-0.25, -0.2) is 14.8 Å². The van der Waals surface area contributed by atoms with Crippen molar-refractivity contribution in [3.05, 3.63) is 43.1 Å². The fraction of sp³-hybridized carbons (Fsp3) is 0.0769. The first-order valence-electron chi connectivity index (χ1n) is 5.82. The van der Waals surface area contributed by atoms with Gasteiger partial charge in [0, 0.05) is 30.2 Å². The summed E-state index contributed by atoms with van der Waals surface area (Å²) in [5, 5.41) is 8.53. The summed E-state index contributed by atoms with van der Waals surface area (Å²) < 4.78 is 6.87. The highest BCUT2D eigenvalue weighted by Gasteiger charge is 2.07. The lowest BCUT2D eigenvalue weighted by Crippen LogP contribution is -2.10. The van der Waals surface area contributed by atoms with E-state index in [9.17, 15) is 4.79 Å². The van der Waals surface area contributed by atoms with E-state index in [1.165, 1.54) is 0 Å². The number of nitrogens with zero attached hydrogens (tertiary/aromatic N) is 4. The van der Waals surface area contributed by atoms with Crippen molar-refractivity contribution in [2.75, 3.05) is 6.61 Å². The normalized spacial score (nSPS) is 10.6. The van der Waals surface area contributed by atoms with Gasteiger partial charge in [-0.15, -0.1) is 0 Å². The van der Waals surface area contributed by atoms with Crippen molar-refractivity contribution in [2.45, 2.75) is 0 Å². The molecule has 0 fully saturated rings. The standard InChI is InChI=1S/C13H10N4O3/c18-13(19)8-20-12-2-1-9(5-16-12)10-6-15-11-7-14-3-4-17(10)11/h1-7H,8H2,(H,18,19). The van der Waals surface area contributed by atoms with Crippen LogP contribution in [0.25, 0.3) is 16.9 Å². The molecule has 7 heteroatoms. The number of rotatable bonds is 4. The summed E-state index contributed by atoms with van der Waals surface area (Å²) in [7, 11) is 0. The van der Waals surface area contributed by atoms with E-state index in [0.717, 1.165) is 16.9 Å². The lowest BCUT2D eigenvalue weighted by atomic mass is 10.2.